The Labute approximate surface area is 118 Å². The van der Waals surface area contributed by atoms with Crippen molar-refractivity contribution in [2.45, 2.75) is 12.8 Å². The van der Waals surface area contributed by atoms with Crippen LogP contribution in [0, 0.1) is 0 Å². The lowest BCUT2D eigenvalue weighted by Gasteiger charge is -2.21. The molecule has 0 saturated carbocycles. The highest BCUT2D eigenvalue weighted by Gasteiger charge is 2.18. The molecular weight excluding hydrogens is 250 g/mol. The Morgan fingerprint density at radius 1 is 1.05 bits per heavy atom. The van der Waals surface area contributed by atoms with E-state index in [0.29, 0.717) is 5.56 Å². The molecule has 1 aromatic heterocycles. The third-order valence-electron chi connectivity index (χ3n) is 3.72. The number of aromatic nitrogens is 1. The zero-order valence-electron chi connectivity index (χ0n) is 11.2. The second-order valence-corrected chi connectivity index (χ2v) is 5.03. The highest BCUT2D eigenvalue weighted by molar-refractivity contribution is 5.99. The van der Waals surface area contributed by atoms with Gasteiger partial charge in [0.25, 0.3) is 5.91 Å². The lowest BCUT2D eigenvalue weighted by molar-refractivity contribution is 0.100. The number of nitrogens with zero attached hydrogens (tertiary/aromatic N) is 2. The topological polar surface area (TPSA) is 59.2 Å². The van der Waals surface area contributed by atoms with Crippen molar-refractivity contribution in [3.05, 3.63) is 48.3 Å². The molecule has 1 aliphatic rings. The lowest BCUT2D eigenvalue weighted by Crippen LogP contribution is -2.23. The first-order valence-electron chi connectivity index (χ1n) is 6.85. The Bertz CT molecular complexity index is 619. The van der Waals surface area contributed by atoms with Crippen LogP contribution in [0.4, 0.5) is 5.69 Å². The first-order chi connectivity index (χ1) is 9.75. The van der Waals surface area contributed by atoms with Gasteiger partial charge in [-0.3, -0.25) is 9.78 Å². The number of hydrogen-bond acceptors (Lipinski definition) is 3. The number of benzene rings is 1. The fraction of sp³-hybridized carbons (Fsp3) is 0.250. The van der Waals surface area contributed by atoms with Crippen molar-refractivity contribution in [1.29, 1.82) is 0 Å². The van der Waals surface area contributed by atoms with Crippen LogP contribution in [0.15, 0.2) is 42.7 Å². The Morgan fingerprint density at radius 2 is 1.75 bits per heavy atom. The van der Waals surface area contributed by atoms with Crippen molar-refractivity contribution in [2.24, 2.45) is 5.73 Å². The van der Waals surface area contributed by atoms with E-state index in [9.17, 15) is 4.79 Å². The van der Waals surface area contributed by atoms with Gasteiger partial charge in [0.15, 0.2) is 0 Å². The van der Waals surface area contributed by atoms with Crippen molar-refractivity contribution < 1.29 is 4.79 Å². The van der Waals surface area contributed by atoms with E-state index >= 15 is 0 Å². The van der Waals surface area contributed by atoms with Gasteiger partial charge >= 0.3 is 0 Å². The van der Waals surface area contributed by atoms with Crippen LogP contribution in [-0.4, -0.2) is 24.0 Å². The Balaban J connectivity index is 2.06. The largest absolute Gasteiger partial charge is 0.371 e. The number of carbonyl (C=O) groups excluding carboxylic acids is 1. The maximum Gasteiger partial charge on any atom is 0.250 e. The van der Waals surface area contributed by atoms with Crippen LogP contribution >= 0.6 is 0 Å². The fourth-order valence-corrected chi connectivity index (χ4v) is 2.68. The average Bonchev–Trinajstić information content (AvgIpc) is 3.01. The Morgan fingerprint density at radius 3 is 2.40 bits per heavy atom. The van der Waals surface area contributed by atoms with Gasteiger partial charge in [-0.05, 0) is 48.2 Å². The molecule has 1 saturated heterocycles. The van der Waals surface area contributed by atoms with Crippen molar-refractivity contribution in [3.63, 3.8) is 0 Å². The van der Waals surface area contributed by atoms with Crippen molar-refractivity contribution in [2.75, 3.05) is 18.0 Å². The molecule has 1 amide bonds. The molecule has 0 radical (unpaired) electrons. The molecule has 0 atom stereocenters. The molecule has 0 aliphatic carbocycles. The summed E-state index contributed by atoms with van der Waals surface area (Å²) >= 11 is 0. The summed E-state index contributed by atoms with van der Waals surface area (Å²) in [5.41, 5.74) is 9.22. The first-order valence-corrected chi connectivity index (χ1v) is 6.85. The maximum absolute atomic E-state index is 11.6. The summed E-state index contributed by atoms with van der Waals surface area (Å²) in [4.78, 5) is 17.9. The third-order valence-corrected chi connectivity index (χ3v) is 3.72. The molecule has 1 aliphatic heterocycles. The Kier molecular flexibility index (Phi) is 3.37. The van der Waals surface area contributed by atoms with Gasteiger partial charge in [0.2, 0.25) is 0 Å². The normalized spacial score (nSPS) is 14.5. The maximum atomic E-state index is 11.6. The number of pyridine rings is 1. The number of rotatable bonds is 3. The number of amides is 1. The zero-order chi connectivity index (χ0) is 13.9. The minimum Gasteiger partial charge on any atom is -0.371 e. The summed E-state index contributed by atoms with van der Waals surface area (Å²) in [6.45, 7) is 1.97. The average molecular weight is 267 g/mol. The highest BCUT2D eigenvalue weighted by Crippen LogP contribution is 2.30. The number of primary amides is 1. The summed E-state index contributed by atoms with van der Waals surface area (Å²) in [7, 11) is 0. The minimum atomic E-state index is -0.367. The van der Waals surface area contributed by atoms with Gasteiger partial charge in [-0.1, -0.05) is 6.07 Å². The molecule has 0 bridgehead atoms. The highest BCUT2D eigenvalue weighted by atomic mass is 16.1. The van der Waals surface area contributed by atoms with Gasteiger partial charge < -0.3 is 10.6 Å². The molecule has 2 aromatic rings. The minimum absolute atomic E-state index is 0.367. The van der Waals surface area contributed by atoms with E-state index in [4.69, 9.17) is 5.73 Å². The molecule has 2 N–H and O–H groups in total. The van der Waals surface area contributed by atoms with Gasteiger partial charge in [0.1, 0.15) is 0 Å². The standard InChI is InChI=1S/C16H17N3O/c17-16(20)14-4-3-13(12-5-7-18-8-6-12)11-15(14)19-9-1-2-10-19/h3-8,11H,1-2,9-10H2,(H2,17,20). The van der Waals surface area contributed by atoms with E-state index < -0.39 is 0 Å². The van der Waals surface area contributed by atoms with Crippen LogP contribution in [0.1, 0.15) is 23.2 Å². The predicted octanol–water partition coefficient (Wildman–Crippen LogP) is 2.45. The third kappa shape index (κ3) is 2.37. The monoisotopic (exact) mass is 267 g/mol. The van der Waals surface area contributed by atoms with Crippen LogP contribution in [-0.2, 0) is 0 Å². The molecule has 4 heteroatoms. The molecular formula is C16H17N3O. The van der Waals surface area contributed by atoms with Crippen LogP contribution < -0.4 is 10.6 Å². The zero-order valence-corrected chi connectivity index (χ0v) is 11.2. The van der Waals surface area contributed by atoms with Crippen molar-refractivity contribution in [3.8, 4) is 11.1 Å². The van der Waals surface area contributed by atoms with Gasteiger partial charge in [-0.15, -0.1) is 0 Å². The van der Waals surface area contributed by atoms with E-state index in [1.54, 1.807) is 12.4 Å². The molecule has 2 heterocycles. The van der Waals surface area contributed by atoms with Crippen LogP contribution in [0.25, 0.3) is 11.1 Å². The van der Waals surface area contributed by atoms with E-state index in [2.05, 4.69) is 16.0 Å². The fourth-order valence-electron chi connectivity index (χ4n) is 2.68. The molecule has 1 fully saturated rings. The summed E-state index contributed by atoms with van der Waals surface area (Å²) in [5, 5.41) is 0. The second kappa shape index (κ2) is 5.33. The van der Waals surface area contributed by atoms with Crippen molar-refractivity contribution in [1.82, 2.24) is 4.98 Å². The smallest absolute Gasteiger partial charge is 0.250 e. The molecule has 4 nitrogen and oxygen atoms in total. The number of anilines is 1. The first kappa shape index (κ1) is 12.7. The van der Waals surface area contributed by atoms with Crippen LogP contribution in [0.5, 0.6) is 0 Å². The summed E-state index contributed by atoms with van der Waals surface area (Å²) in [5.74, 6) is -0.367. The summed E-state index contributed by atoms with van der Waals surface area (Å²) in [6, 6.07) is 9.75. The number of nitrogens with two attached hydrogens (primary N) is 1. The van der Waals surface area contributed by atoms with Crippen LogP contribution in [0.3, 0.4) is 0 Å². The summed E-state index contributed by atoms with van der Waals surface area (Å²) < 4.78 is 0. The predicted molar refractivity (Wildman–Crippen MR) is 79.6 cm³/mol. The molecule has 3 rings (SSSR count). The molecule has 0 spiro atoms. The van der Waals surface area contributed by atoms with E-state index in [-0.39, 0.29) is 5.91 Å². The molecule has 102 valence electrons. The quantitative estimate of drug-likeness (QED) is 0.929. The van der Waals surface area contributed by atoms with E-state index in [1.165, 1.54) is 0 Å². The molecule has 0 unspecified atom stereocenters. The van der Waals surface area contributed by atoms with Gasteiger partial charge in [0, 0.05) is 25.5 Å². The SMILES string of the molecule is NC(=O)c1ccc(-c2ccncc2)cc1N1CCCC1. The molecule has 1 aromatic carbocycles. The van der Waals surface area contributed by atoms with Gasteiger partial charge in [-0.2, -0.15) is 0 Å². The van der Waals surface area contributed by atoms with Crippen LogP contribution in [0.2, 0.25) is 0 Å². The van der Waals surface area contributed by atoms with E-state index in [0.717, 1.165) is 42.7 Å². The van der Waals surface area contributed by atoms with Gasteiger partial charge in [0.05, 0.1) is 11.3 Å². The molecule has 20 heavy (non-hydrogen) atoms. The number of hydrogen-bond donors (Lipinski definition) is 1. The Hall–Kier alpha value is -2.36. The van der Waals surface area contributed by atoms with E-state index in [1.807, 2.05) is 24.3 Å². The van der Waals surface area contributed by atoms with Gasteiger partial charge in [-0.25, -0.2) is 0 Å². The number of carbonyl (C=O) groups is 1. The second-order valence-electron chi connectivity index (χ2n) is 5.03. The summed E-state index contributed by atoms with van der Waals surface area (Å²) in [6.07, 6.45) is 5.87. The lowest BCUT2D eigenvalue weighted by atomic mass is 10.0. The van der Waals surface area contributed by atoms with Crippen molar-refractivity contribution >= 4 is 11.6 Å².